The summed E-state index contributed by atoms with van der Waals surface area (Å²) in [7, 11) is 0. The van der Waals surface area contributed by atoms with Crippen LogP contribution in [0.5, 0.6) is 0 Å². The molecule has 3 amide bonds. The van der Waals surface area contributed by atoms with Crippen LogP contribution >= 0.6 is 11.3 Å². The minimum atomic E-state index is -1.59. The molecule has 0 spiro atoms. The SMILES string of the molecule is NC(=O)C(NC(=O)c1csc(-c2ncccn2)n1)C(N)=O. The molecule has 0 saturated carbocycles. The molecule has 5 N–H and O–H groups in total. The third-order valence-corrected chi connectivity index (χ3v) is 3.18. The Hall–Kier alpha value is -2.88. The first-order chi connectivity index (χ1) is 9.99. The van der Waals surface area contributed by atoms with E-state index in [9.17, 15) is 14.4 Å². The zero-order chi connectivity index (χ0) is 15.4. The molecule has 10 heteroatoms. The van der Waals surface area contributed by atoms with E-state index in [1.165, 1.54) is 5.38 Å². The van der Waals surface area contributed by atoms with Gasteiger partial charge >= 0.3 is 0 Å². The van der Waals surface area contributed by atoms with Crippen LogP contribution in [-0.2, 0) is 9.59 Å². The molecular weight excluding hydrogens is 296 g/mol. The summed E-state index contributed by atoms with van der Waals surface area (Å²) in [6.45, 7) is 0. The van der Waals surface area contributed by atoms with Crippen molar-refractivity contribution in [1.82, 2.24) is 20.3 Å². The van der Waals surface area contributed by atoms with E-state index in [-0.39, 0.29) is 5.69 Å². The van der Waals surface area contributed by atoms with Crippen molar-refractivity contribution < 1.29 is 14.4 Å². The van der Waals surface area contributed by atoms with E-state index in [4.69, 9.17) is 11.5 Å². The lowest BCUT2D eigenvalue weighted by Gasteiger charge is -2.10. The Morgan fingerprint density at radius 1 is 1.14 bits per heavy atom. The van der Waals surface area contributed by atoms with E-state index in [0.29, 0.717) is 10.8 Å². The van der Waals surface area contributed by atoms with Gasteiger partial charge in [-0.15, -0.1) is 11.3 Å². The van der Waals surface area contributed by atoms with Crippen molar-refractivity contribution in [3.63, 3.8) is 0 Å². The van der Waals surface area contributed by atoms with Gasteiger partial charge in [0, 0.05) is 17.8 Å². The molecular formula is C11H10N6O3S. The fourth-order valence-corrected chi connectivity index (χ4v) is 2.12. The third-order valence-electron chi connectivity index (χ3n) is 2.34. The lowest BCUT2D eigenvalue weighted by atomic mass is 10.2. The lowest BCUT2D eigenvalue weighted by Crippen LogP contribution is -2.52. The van der Waals surface area contributed by atoms with E-state index in [1.807, 2.05) is 0 Å². The zero-order valence-electron chi connectivity index (χ0n) is 10.5. The first kappa shape index (κ1) is 14.5. The third kappa shape index (κ3) is 3.36. The van der Waals surface area contributed by atoms with E-state index < -0.39 is 23.8 Å². The highest BCUT2D eigenvalue weighted by Gasteiger charge is 2.25. The predicted octanol–water partition coefficient (Wildman–Crippen LogP) is -1.33. The molecule has 0 saturated heterocycles. The van der Waals surface area contributed by atoms with Crippen molar-refractivity contribution in [1.29, 1.82) is 0 Å². The molecule has 0 aliphatic heterocycles. The number of hydrogen-bond donors (Lipinski definition) is 3. The van der Waals surface area contributed by atoms with E-state index in [0.717, 1.165) is 11.3 Å². The summed E-state index contributed by atoms with van der Waals surface area (Å²) in [5.41, 5.74) is 9.95. The molecule has 0 aliphatic carbocycles. The number of nitrogens with two attached hydrogens (primary N) is 2. The molecule has 2 aromatic rings. The molecule has 2 heterocycles. The molecule has 21 heavy (non-hydrogen) atoms. The van der Waals surface area contributed by atoms with Gasteiger partial charge in [-0.1, -0.05) is 0 Å². The first-order valence-electron chi connectivity index (χ1n) is 5.61. The highest BCUT2D eigenvalue weighted by Crippen LogP contribution is 2.19. The molecule has 0 atom stereocenters. The standard InChI is InChI=1S/C11H10N6O3S/c12-7(18)6(8(13)19)17-10(20)5-4-21-11(16-5)9-14-2-1-3-15-9/h1-4,6H,(H2,12,18)(H2,13,19)(H,17,20). The number of nitrogens with zero attached hydrogens (tertiary/aromatic N) is 3. The number of thiazole rings is 1. The van der Waals surface area contributed by atoms with Gasteiger partial charge in [-0.3, -0.25) is 14.4 Å². The van der Waals surface area contributed by atoms with Crippen molar-refractivity contribution in [2.24, 2.45) is 11.5 Å². The van der Waals surface area contributed by atoms with Gasteiger partial charge < -0.3 is 16.8 Å². The van der Waals surface area contributed by atoms with Crippen LogP contribution in [0.2, 0.25) is 0 Å². The van der Waals surface area contributed by atoms with Crippen LogP contribution in [0, 0.1) is 0 Å². The van der Waals surface area contributed by atoms with Gasteiger partial charge in [0.15, 0.2) is 16.9 Å². The van der Waals surface area contributed by atoms with Crippen molar-refractivity contribution in [2.45, 2.75) is 6.04 Å². The fraction of sp³-hybridized carbons (Fsp3) is 0.0909. The topological polar surface area (TPSA) is 154 Å². The summed E-state index contributed by atoms with van der Waals surface area (Å²) < 4.78 is 0. The normalized spacial score (nSPS) is 10.3. The number of hydrogen-bond acceptors (Lipinski definition) is 7. The Labute approximate surface area is 122 Å². The van der Waals surface area contributed by atoms with Gasteiger partial charge in [0.25, 0.3) is 5.91 Å². The molecule has 2 rings (SSSR count). The van der Waals surface area contributed by atoms with Gasteiger partial charge in [0.1, 0.15) is 5.69 Å². The van der Waals surface area contributed by atoms with Crippen molar-refractivity contribution >= 4 is 29.1 Å². The van der Waals surface area contributed by atoms with Crippen molar-refractivity contribution in [3.8, 4) is 10.8 Å². The van der Waals surface area contributed by atoms with Gasteiger partial charge in [-0.2, -0.15) is 0 Å². The van der Waals surface area contributed by atoms with E-state index in [2.05, 4.69) is 20.3 Å². The van der Waals surface area contributed by atoms with Crippen molar-refractivity contribution in [2.75, 3.05) is 0 Å². The zero-order valence-corrected chi connectivity index (χ0v) is 11.3. The quantitative estimate of drug-likeness (QED) is 0.581. The lowest BCUT2D eigenvalue weighted by molar-refractivity contribution is -0.128. The van der Waals surface area contributed by atoms with E-state index >= 15 is 0 Å². The summed E-state index contributed by atoms with van der Waals surface area (Å²) in [4.78, 5) is 45.9. The molecule has 0 radical (unpaired) electrons. The summed E-state index contributed by atoms with van der Waals surface area (Å²) >= 11 is 1.15. The van der Waals surface area contributed by atoms with Crippen LogP contribution in [0.4, 0.5) is 0 Å². The second-order valence-corrected chi connectivity index (χ2v) is 4.68. The molecule has 9 nitrogen and oxygen atoms in total. The average molecular weight is 306 g/mol. The van der Waals surface area contributed by atoms with Gasteiger partial charge in [-0.25, -0.2) is 15.0 Å². The monoisotopic (exact) mass is 306 g/mol. The van der Waals surface area contributed by atoms with Gasteiger partial charge in [0.05, 0.1) is 0 Å². The molecule has 0 aromatic carbocycles. The Morgan fingerprint density at radius 2 is 1.76 bits per heavy atom. The summed E-state index contributed by atoms with van der Waals surface area (Å²) in [5, 5.41) is 3.98. The molecule has 0 aliphatic rings. The summed E-state index contributed by atoms with van der Waals surface area (Å²) in [6, 6.07) is 0.0605. The van der Waals surface area contributed by atoms with Crippen LogP contribution in [0.3, 0.4) is 0 Å². The smallest absolute Gasteiger partial charge is 0.271 e. The van der Waals surface area contributed by atoms with Gasteiger partial charge in [-0.05, 0) is 6.07 Å². The van der Waals surface area contributed by atoms with Crippen LogP contribution in [0.15, 0.2) is 23.8 Å². The maximum Gasteiger partial charge on any atom is 0.271 e. The highest BCUT2D eigenvalue weighted by atomic mass is 32.1. The minimum Gasteiger partial charge on any atom is -0.367 e. The minimum absolute atomic E-state index is 0.00922. The maximum atomic E-state index is 11.9. The fourth-order valence-electron chi connectivity index (χ4n) is 1.38. The highest BCUT2D eigenvalue weighted by molar-refractivity contribution is 7.13. The van der Waals surface area contributed by atoms with E-state index in [1.54, 1.807) is 18.5 Å². The molecule has 0 unspecified atom stereocenters. The second kappa shape index (κ2) is 6.05. The predicted molar refractivity (Wildman–Crippen MR) is 72.8 cm³/mol. The number of aromatic nitrogens is 3. The summed E-state index contributed by atoms with van der Waals surface area (Å²) in [6.07, 6.45) is 3.08. The number of rotatable bonds is 5. The Bertz CT molecular complexity index is 672. The van der Waals surface area contributed by atoms with Gasteiger partial charge in [0.2, 0.25) is 11.8 Å². The van der Waals surface area contributed by atoms with Crippen LogP contribution in [0.1, 0.15) is 10.5 Å². The van der Waals surface area contributed by atoms with Crippen LogP contribution < -0.4 is 16.8 Å². The number of nitrogens with one attached hydrogen (secondary N) is 1. The number of primary amides is 2. The summed E-state index contributed by atoms with van der Waals surface area (Å²) in [5.74, 6) is -2.46. The largest absolute Gasteiger partial charge is 0.367 e. The van der Waals surface area contributed by atoms with Crippen LogP contribution in [0.25, 0.3) is 10.8 Å². The Morgan fingerprint density at radius 3 is 2.33 bits per heavy atom. The Balaban J connectivity index is 2.16. The molecule has 2 aromatic heterocycles. The van der Waals surface area contributed by atoms with Crippen LogP contribution in [-0.4, -0.2) is 38.7 Å². The second-order valence-electron chi connectivity index (χ2n) is 3.82. The first-order valence-corrected chi connectivity index (χ1v) is 6.49. The average Bonchev–Trinajstić information content (AvgIpc) is 2.94. The Kier molecular flexibility index (Phi) is 4.18. The number of carbonyl (C=O) groups is 3. The van der Waals surface area contributed by atoms with Crippen molar-refractivity contribution in [3.05, 3.63) is 29.5 Å². The number of amides is 3. The molecule has 0 fully saturated rings. The molecule has 0 bridgehead atoms. The number of carbonyl (C=O) groups excluding carboxylic acids is 3. The molecule has 108 valence electrons. The maximum absolute atomic E-state index is 11.9.